The van der Waals surface area contributed by atoms with E-state index in [0.29, 0.717) is 11.8 Å². The molecule has 140 valence electrons. The molecule has 0 radical (unpaired) electrons. The third-order valence-electron chi connectivity index (χ3n) is 6.40. The Balaban J connectivity index is 1.69. The molecule has 6 nitrogen and oxygen atoms in total. The number of nitrogens with zero attached hydrogens (tertiary/aromatic N) is 1. The van der Waals surface area contributed by atoms with Crippen molar-refractivity contribution >= 4 is 12.2 Å². The number of aromatic hydroxyl groups is 1. The van der Waals surface area contributed by atoms with Crippen LogP contribution in [0.2, 0.25) is 0 Å². The summed E-state index contributed by atoms with van der Waals surface area (Å²) in [4.78, 5) is 0. The molecule has 26 heavy (non-hydrogen) atoms. The standard InChI is InChI=1S/C20H28N4O2/c1-19-10-8-15(14-4-6-17(25)7-5-14)13-20(19,26)11-9-16(19)3-2-12-23-24-18(21)22/h2-7,12,15-16,25-26H,8-11,13H2,1H3,(H4,21,22,24)/b3-2+,23-12+/t15-,16-,19+,20-/m0/s1. The van der Waals surface area contributed by atoms with Gasteiger partial charge in [0, 0.05) is 11.6 Å². The number of hydrazone groups is 1. The van der Waals surface area contributed by atoms with Crippen molar-refractivity contribution in [2.24, 2.45) is 22.2 Å². The third-order valence-corrected chi connectivity index (χ3v) is 6.40. The van der Waals surface area contributed by atoms with Gasteiger partial charge < -0.3 is 15.9 Å². The van der Waals surface area contributed by atoms with Crippen LogP contribution >= 0.6 is 0 Å². The number of aliphatic hydroxyl groups is 1. The molecule has 0 aliphatic heterocycles. The number of hydrogen-bond acceptors (Lipinski definition) is 4. The van der Waals surface area contributed by atoms with Crippen molar-refractivity contribution in [3.8, 4) is 5.75 Å². The first-order chi connectivity index (χ1) is 12.3. The van der Waals surface area contributed by atoms with Gasteiger partial charge in [-0.2, -0.15) is 5.10 Å². The third kappa shape index (κ3) is 3.46. The van der Waals surface area contributed by atoms with Crippen molar-refractivity contribution in [2.75, 3.05) is 0 Å². The van der Waals surface area contributed by atoms with Crippen LogP contribution < -0.4 is 11.2 Å². The molecule has 0 saturated heterocycles. The Labute approximate surface area is 154 Å². The molecule has 1 aromatic carbocycles. The maximum Gasteiger partial charge on any atom is 0.206 e. The molecule has 2 aliphatic rings. The smallest absolute Gasteiger partial charge is 0.206 e. The van der Waals surface area contributed by atoms with E-state index < -0.39 is 5.60 Å². The predicted octanol–water partition coefficient (Wildman–Crippen LogP) is 2.83. The fraction of sp³-hybridized carbons (Fsp3) is 0.500. The molecule has 1 aromatic rings. The molecule has 0 bridgehead atoms. The molecule has 2 aliphatic carbocycles. The molecule has 0 spiro atoms. The van der Waals surface area contributed by atoms with Gasteiger partial charge in [0.2, 0.25) is 5.96 Å². The lowest BCUT2D eigenvalue weighted by atomic mass is 9.59. The molecule has 2 fully saturated rings. The monoisotopic (exact) mass is 356 g/mol. The summed E-state index contributed by atoms with van der Waals surface area (Å²) in [5.41, 5.74) is 7.95. The first-order valence-corrected chi connectivity index (χ1v) is 9.15. The summed E-state index contributed by atoms with van der Waals surface area (Å²) in [6.07, 6.45) is 10.1. The molecule has 4 atom stereocenters. The van der Waals surface area contributed by atoms with Crippen LogP contribution in [0.3, 0.4) is 0 Å². The topological polar surface area (TPSA) is 115 Å². The summed E-state index contributed by atoms with van der Waals surface area (Å²) >= 11 is 0. The number of benzene rings is 1. The van der Waals surface area contributed by atoms with Gasteiger partial charge in [0.05, 0.1) is 5.60 Å². The summed E-state index contributed by atoms with van der Waals surface area (Å²) in [7, 11) is 0. The van der Waals surface area contributed by atoms with Gasteiger partial charge in [0.1, 0.15) is 5.75 Å². The highest BCUT2D eigenvalue weighted by atomic mass is 16.3. The predicted molar refractivity (Wildman–Crippen MR) is 103 cm³/mol. The molecular formula is C20H28N4O2. The van der Waals surface area contributed by atoms with Crippen LogP contribution in [0.25, 0.3) is 0 Å². The average molecular weight is 356 g/mol. The fourth-order valence-corrected chi connectivity index (χ4v) is 4.75. The Morgan fingerprint density at radius 1 is 1.31 bits per heavy atom. The Hall–Kier alpha value is -2.34. The van der Waals surface area contributed by atoms with Gasteiger partial charge >= 0.3 is 0 Å². The number of hydrogen-bond donors (Lipinski definition) is 5. The molecule has 0 aromatic heterocycles. The maximum absolute atomic E-state index is 11.4. The zero-order valence-corrected chi connectivity index (χ0v) is 15.2. The number of fused-ring (bicyclic) bond motifs is 1. The number of nitrogens with one attached hydrogen (secondary N) is 2. The first-order valence-electron chi connectivity index (χ1n) is 9.15. The second-order valence-electron chi connectivity index (χ2n) is 7.81. The number of rotatable bonds is 4. The SMILES string of the molecule is C[C@]12CC[C@H](c3ccc(O)cc3)C[C@@]1(O)CC[C@@H]2/C=C/C=N/NC(=N)N. The van der Waals surface area contributed by atoms with Crippen molar-refractivity contribution < 1.29 is 10.2 Å². The van der Waals surface area contributed by atoms with Gasteiger partial charge in [-0.15, -0.1) is 0 Å². The van der Waals surface area contributed by atoms with Crippen molar-refractivity contribution in [2.45, 2.75) is 50.5 Å². The van der Waals surface area contributed by atoms with E-state index >= 15 is 0 Å². The molecule has 0 unspecified atom stereocenters. The molecular weight excluding hydrogens is 328 g/mol. The summed E-state index contributed by atoms with van der Waals surface area (Å²) in [6.45, 7) is 2.20. The number of phenols is 1. The first kappa shape index (κ1) is 18.5. The lowest BCUT2D eigenvalue weighted by molar-refractivity contribution is -0.0984. The van der Waals surface area contributed by atoms with E-state index in [-0.39, 0.29) is 17.1 Å². The minimum atomic E-state index is -0.669. The van der Waals surface area contributed by atoms with Crippen molar-refractivity contribution in [1.82, 2.24) is 5.43 Å². The van der Waals surface area contributed by atoms with Gasteiger partial charge in [0.25, 0.3) is 0 Å². The van der Waals surface area contributed by atoms with Crippen LogP contribution in [0.1, 0.15) is 50.5 Å². The quantitative estimate of drug-likeness (QED) is 0.324. The number of allylic oxidation sites excluding steroid dienone is 2. The number of phenolic OH excluding ortho intramolecular Hbond substituents is 1. The highest BCUT2D eigenvalue weighted by molar-refractivity contribution is 5.77. The average Bonchev–Trinajstić information content (AvgIpc) is 2.86. The lowest BCUT2D eigenvalue weighted by Gasteiger charge is -2.49. The van der Waals surface area contributed by atoms with Crippen LogP contribution in [0.5, 0.6) is 5.75 Å². The van der Waals surface area contributed by atoms with Crippen LogP contribution in [0.4, 0.5) is 0 Å². The largest absolute Gasteiger partial charge is 0.508 e. The lowest BCUT2D eigenvalue weighted by Crippen LogP contribution is -2.49. The Bertz CT molecular complexity index is 715. The molecule has 6 N–H and O–H groups in total. The van der Waals surface area contributed by atoms with E-state index in [1.54, 1.807) is 18.3 Å². The van der Waals surface area contributed by atoms with E-state index in [1.807, 2.05) is 18.2 Å². The van der Waals surface area contributed by atoms with Gasteiger partial charge in [-0.3, -0.25) is 5.41 Å². The Kier molecular flexibility index (Phi) is 5.05. The second kappa shape index (κ2) is 7.11. The summed E-state index contributed by atoms with van der Waals surface area (Å²) < 4.78 is 0. The molecule has 6 heteroatoms. The van der Waals surface area contributed by atoms with E-state index in [9.17, 15) is 10.2 Å². The molecule has 3 rings (SSSR count). The minimum Gasteiger partial charge on any atom is -0.508 e. The van der Waals surface area contributed by atoms with E-state index in [2.05, 4.69) is 23.5 Å². The van der Waals surface area contributed by atoms with Gasteiger partial charge in [0.15, 0.2) is 0 Å². The van der Waals surface area contributed by atoms with E-state index in [0.717, 1.165) is 32.1 Å². The van der Waals surface area contributed by atoms with Crippen molar-refractivity contribution in [3.63, 3.8) is 0 Å². The minimum absolute atomic E-state index is 0.140. The van der Waals surface area contributed by atoms with Crippen LogP contribution in [0.15, 0.2) is 41.5 Å². The van der Waals surface area contributed by atoms with Crippen molar-refractivity contribution in [3.05, 3.63) is 42.0 Å². The zero-order chi connectivity index (χ0) is 18.8. The second-order valence-corrected chi connectivity index (χ2v) is 7.81. The molecule has 2 saturated carbocycles. The summed E-state index contributed by atoms with van der Waals surface area (Å²) in [5, 5.41) is 31.8. The van der Waals surface area contributed by atoms with Gasteiger partial charge in [-0.1, -0.05) is 25.1 Å². The highest BCUT2D eigenvalue weighted by Crippen LogP contribution is 2.61. The zero-order valence-electron chi connectivity index (χ0n) is 15.2. The van der Waals surface area contributed by atoms with Gasteiger partial charge in [-0.05, 0) is 67.7 Å². The van der Waals surface area contributed by atoms with Crippen LogP contribution in [-0.4, -0.2) is 28.0 Å². The van der Waals surface area contributed by atoms with Crippen molar-refractivity contribution in [1.29, 1.82) is 5.41 Å². The summed E-state index contributed by atoms with van der Waals surface area (Å²) in [5.74, 6) is 0.722. The van der Waals surface area contributed by atoms with Gasteiger partial charge in [-0.25, -0.2) is 5.43 Å². The molecule has 0 amide bonds. The summed E-state index contributed by atoms with van der Waals surface area (Å²) in [6, 6.07) is 7.39. The van der Waals surface area contributed by atoms with E-state index in [4.69, 9.17) is 11.1 Å². The Morgan fingerprint density at radius 3 is 2.73 bits per heavy atom. The highest BCUT2D eigenvalue weighted by Gasteiger charge is 2.58. The number of nitrogens with two attached hydrogens (primary N) is 1. The fourth-order valence-electron chi connectivity index (χ4n) is 4.75. The normalized spacial score (nSPS) is 34.2. The van der Waals surface area contributed by atoms with Crippen LogP contribution in [0, 0.1) is 16.7 Å². The number of guanidine groups is 1. The Morgan fingerprint density at radius 2 is 2.04 bits per heavy atom. The molecule has 0 heterocycles. The van der Waals surface area contributed by atoms with Crippen LogP contribution in [-0.2, 0) is 0 Å². The maximum atomic E-state index is 11.4. The van der Waals surface area contributed by atoms with E-state index in [1.165, 1.54) is 5.56 Å².